The molecule has 0 aliphatic carbocycles. The molecule has 0 atom stereocenters. The number of H-pyrrole nitrogens is 1. The number of nitrogens with one attached hydrogen (secondary N) is 1. The van der Waals surface area contributed by atoms with E-state index in [1.54, 1.807) is 12.1 Å². The fourth-order valence-electron chi connectivity index (χ4n) is 1.66. The van der Waals surface area contributed by atoms with Gasteiger partial charge in [-0.1, -0.05) is 6.07 Å². The summed E-state index contributed by atoms with van der Waals surface area (Å²) in [7, 11) is 0. The van der Waals surface area contributed by atoms with Gasteiger partial charge in [-0.05, 0) is 47.2 Å². The number of carbonyl (C=O) groups is 1. The first-order valence-electron chi connectivity index (χ1n) is 5.26. The molecular formula is C12H9IN2O4. The Hall–Kier alpha value is -1.90. The van der Waals surface area contributed by atoms with Gasteiger partial charge in [0.15, 0.2) is 0 Å². The minimum atomic E-state index is -1.38. The van der Waals surface area contributed by atoms with Gasteiger partial charge in [0.05, 0.1) is 5.69 Å². The molecule has 1 aromatic heterocycles. The van der Waals surface area contributed by atoms with Crippen molar-refractivity contribution in [1.29, 1.82) is 0 Å². The van der Waals surface area contributed by atoms with Gasteiger partial charge in [-0.2, -0.15) is 0 Å². The number of rotatable bonds is 2. The molecule has 98 valence electrons. The predicted octanol–water partition coefficient (Wildman–Crippen LogP) is 1.14. The predicted molar refractivity (Wildman–Crippen MR) is 77.1 cm³/mol. The summed E-state index contributed by atoms with van der Waals surface area (Å²) in [6.07, 6.45) is 1.04. The number of carboxylic acid groups (broad SMARTS) is 1. The van der Waals surface area contributed by atoms with E-state index in [0.29, 0.717) is 5.69 Å². The van der Waals surface area contributed by atoms with E-state index in [1.807, 2.05) is 18.0 Å². The highest BCUT2D eigenvalue weighted by Crippen LogP contribution is 2.18. The Labute approximate surface area is 120 Å². The molecule has 2 N–H and O–H groups in total. The highest BCUT2D eigenvalue weighted by molar-refractivity contribution is 14.1. The van der Waals surface area contributed by atoms with Crippen LogP contribution in [0.4, 0.5) is 0 Å². The third-order valence-corrected chi connectivity index (χ3v) is 3.84. The molecule has 0 saturated heterocycles. The van der Waals surface area contributed by atoms with Gasteiger partial charge in [0, 0.05) is 9.77 Å². The maximum Gasteiger partial charge on any atom is 0.342 e. The van der Waals surface area contributed by atoms with E-state index in [4.69, 9.17) is 5.11 Å². The Kier molecular flexibility index (Phi) is 3.56. The molecule has 19 heavy (non-hydrogen) atoms. The summed E-state index contributed by atoms with van der Waals surface area (Å²) in [5.74, 6) is -1.38. The van der Waals surface area contributed by atoms with Crippen LogP contribution in [0.3, 0.4) is 0 Å². The molecule has 0 unspecified atom stereocenters. The van der Waals surface area contributed by atoms with Gasteiger partial charge in [-0.15, -0.1) is 0 Å². The van der Waals surface area contributed by atoms with E-state index in [9.17, 15) is 14.4 Å². The van der Waals surface area contributed by atoms with Gasteiger partial charge in [0.25, 0.3) is 5.56 Å². The third kappa shape index (κ3) is 2.46. The van der Waals surface area contributed by atoms with Crippen LogP contribution in [-0.4, -0.2) is 20.6 Å². The molecule has 0 aliphatic rings. The highest BCUT2D eigenvalue weighted by Gasteiger charge is 2.13. The number of aromatic nitrogens is 2. The summed E-state index contributed by atoms with van der Waals surface area (Å²) in [4.78, 5) is 36.1. The van der Waals surface area contributed by atoms with Crippen LogP contribution in [0.15, 0.2) is 34.0 Å². The van der Waals surface area contributed by atoms with Crippen molar-refractivity contribution >= 4 is 28.6 Å². The fourth-order valence-corrected chi connectivity index (χ4v) is 2.14. The molecular weight excluding hydrogens is 363 g/mol. The molecule has 6 nitrogen and oxygen atoms in total. The second kappa shape index (κ2) is 5.00. The van der Waals surface area contributed by atoms with Crippen molar-refractivity contribution in [3.05, 3.63) is 59.9 Å². The standard InChI is InChI=1S/C12H9IN2O4/c1-6-8(13)3-2-4-9(6)15-5-7(11(17)18)10(16)14-12(15)19/h2-5H,1H3,(H,17,18)(H,14,16,19). The summed E-state index contributed by atoms with van der Waals surface area (Å²) in [6.45, 7) is 1.81. The largest absolute Gasteiger partial charge is 0.477 e. The quantitative estimate of drug-likeness (QED) is 0.774. The molecule has 0 saturated carbocycles. The zero-order chi connectivity index (χ0) is 14.2. The Morgan fingerprint density at radius 2 is 2.05 bits per heavy atom. The van der Waals surface area contributed by atoms with Gasteiger partial charge in [-0.3, -0.25) is 14.3 Å². The first-order chi connectivity index (χ1) is 8.91. The normalized spacial score (nSPS) is 10.4. The minimum absolute atomic E-state index is 0.474. The lowest BCUT2D eigenvalue weighted by molar-refractivity contribution is 0.0694. The number of hydrogen-bond acceptors (Lipinski definition) is 3. The number of aromatic carboxylic acids is 1. The summed E-state index contributed by atoms with van der Waals surface area (Å²) >= 11 is 2.11. The minimum Gasteiger partial charge on any atom is -0.477 e. The SMILES string of the molecule is Cc1c(I)cccc1-n1cc(C(=O)O)c(=O)[nH]c1=O. The second-order valence-corrected chi connectivity index (χ2v) is 5.02. The van der Waals surface area contributed by atoms with Crippen LogP contribution in [0.2, 0.25) is 0 Å². The molecule has 0 fully saturated rings. The third-order valence-electron chi connectivity index (χ3n) is 2.67. The lowest BCUT2D eigenvalue weighted by Crippen LogP contribution is -2.32. The number of nitrogens with zero attached hydrogens (tertiary/aromatic N) is 1. The average Bonchev–Trinajstić information content (AvgIpc) is 2.33. The van der Waals surface area contributed by atoms with Crippen LogP contribution in [0.5, 0.6) is 0 Å². The number of carboxylic acids is 1. The van der Waals surface area contributed by atoms with Crippen molar-refractivity contribution in [2.75, 3.05) is 0 Å². The molecule has 0 aliphatic heterocycles. The number of hydrogen-bond donors (Lipinski definition) is 2. The lowest BCUT2D eigenvalue weighted by atomic mass is 10.2. The summed E-state index contributed by atoms with van der Waals surface area (Å²) in [5, 5.41) is 8.91. The maximum atomic E-state index is 11.8. The van der Waals surface area contributed by atoms with Crippen molar-refractivity contribution < 1.29 is 9.90 Å². The van der Waals surface area contributed by atoms with Gasteiger partial charge in [0.2, 0.25) is 0 Å². The number of benzene rings is 1. The van der Waals surface area contributed by atoms with Gasteiger partial charge in [0.1, 0.15) is 5.56 Å². The van der Waals surface area contributed by atoms with Crippen LogP contribution in [0.1, 0.15) is 15.9 Å². The molecule has 1 heterocycles. The molecule has 0 radical (unpaired) electrons. The number of halogens is 1. The molecule has 0 spiro atoms. The van der Waals surface area contributed by atoms with Crippen LogP contribution < -0.4 is 11.2 Å². The summed E-state index contributed by atoms with van der Waals surface area (Å²) in [5.41, 5.74) is -0.681. The number of aromatic amines is 1. The van der Waals surface area contributed by atoms with E-state index < -0.39 is 22.8 Å². The van der Waals surface area contributed by atoms with E-state index in [-0.39, 0.29) is 0 Å². The molecule has 2 aromatic rings. The van der Waals surface area contributed by atoms with Crippen molar-refractivity contribution in [2.45, 2.75) is 6.92 Å². The van der Waals surface area contributed by atoms with E-state index in [1.165, 1.54) is 0 Å². The summed E-state index contributed by atoms with van der Waals surface area (Å²) in [6, 6.07) is 5.30. The van der Waals surface area contributed by atoms with Crippen LogP contribution in [-0.2, 0) is 0 Å². The topological polar surface area (TPSA) is 92.2 Å². The van der Waals surface area contributed by atoms with Gasteiger partial charge in [-0.25, -0.2) is 9.59 Å². The first kappa shape index (κ1) is 13.5. The Morgan fingerprint density at radius 1 is 1.37 bits per heavy atom. The zero-order valence-electron chi connectivity index (χ0n) is 9.81. The van der Waals surface area contributed by atoms with Crippen LogP contribution in [0, 0.1) is 10.5 Å². The average molecular weight is 372 g/mol. The Bertz CT molecular complexity index is 776. The molecule has 7 heteroatoms. The summed E-state index contributed by atoms with van der Waals surface area (Å²) < 4.78 is 2.06. The van der Waals surface area contributed by atoms with Crippen molar-refractivity contribution in [2.24, 2.45) is 0 Å². The first-order valence-corrected chi connectivity index (χ1v) is 6.34. The Balaban J connectivity index is 2.80. The highest BCUT2D eigenvalue weighted by atomic mass is 127. The fraction of sp³-hybridized carbons (Fsp3) is 0.0833. The van der Waals surface area contributed by atoms with Crippen LogP contribution in [0.25, 0.3) is 5.69 Å². The smallest absolute Gasteiger partial charge is 0.342 e. The van der Waals surface area contributed by atoms with Crippen molar-refractivity contribution in [1.82, 2.24) is 9.55 Å². The zero-order valence-corrected chi connectivity index (χ0v) is 12.0. The van der Waals surface area contributed by atoms with E-state index >= 15 is 0 Å². The monoisotopic (exact) mass is 372 g/mol. The lowest BCUT2D eigenvalue weighted by Gasteiger charge is -2.10. The van der Waals surface area contributed by atoms with Crippen molar-refractivity contribution in [3.8, 4) is 5.69 Å². The molecule has 2 rings (SSSR count). The Morgan fingerprint density at radius 3 is 2.68 bits per heavy atom. The van der Waals surface area contributed by atoms with Gasteiger partial charge >= 0.3 is 11.7 Å². The van der Waals surface area contributed by atoms with E-state index in [2.05, 4.69) is 22.6 Å². The maximum absolute atomic E-state index is 11.8. The van der Waals surface area contributed by atoms with Crippen molar-refractivity contribution in [3.63, 3.8) is 0 Å². The van der Waals surface area contributed by atoms with Gasteiger partial charge < -0.3 is 5.11 Å². The van der Waals surface area contributed by atoms with Crippen LogP contribution >= 0.6 is 22.6 Å². The molecule has 0 bridgehead atoms. The molecule has 1 aromatic carbocycles. The van der Waals surface area contributed by atoms with E-state index in [0.717, 1.165) is 19.9 Å². The molecule has 0 amide bonds. The second-order valence-electron chi connectivity index (χ2n) is 3.86.